The van der Waals surface area contributed by atoms with Crippen LogP contribution < -0.4 is 5.32 Å². The van der Waals surface area contributed by atoms with E-state index in [4.69, 9.17) is 16.3 Å². The molecule has 0 unspecified atom stereocenters. The second-order valence-corrected chi connectivity index (χ2v) is 7.85. The number of aromatic nitrogens is 1. The fraction of sp³-hybridized carbons (Fsp3) is 0.391. The third-order valence-corrected chi connectivity index (χ3v) is 5.64. The third kappa shape index (κ3) is 4.95. The molecule has 5 heteroatoms. The highest BCUT2D eigenvalue weighted by atomic mass is 35.5. The molecule has 4 rings (SSSR count). The standard InChI is InChI=1S/C23H28ClN3O/c24-21-8-6-19(7-9-21)17-27-18-20(22-4-1-2-5-23(22)27)16-25-10-3-11-26-12-14-28-15-13-26/h1-2,4-9,18,25H,3,10-17H2. The molecule has 148 valence electrons. The van der Waals surface area contributed by atoms with Crippen molar-refractivity contribution >= 4 is 22.5 Å². The Hall–Kier alpha value is -1.85. The molecular weight excluding hydrogens is 370 g/mol. The maximum absolute atomic E-state index is 6.02. The van der Waals surface area contributed by atoms with Gasteiger partial charge in [-0.2, -0.15) is 0 Å². The quantitative estimate of drug-likeness (QED) is 0.579. The summed E-state index contributed by atoms with van der Waals surface area (Å²) in [5, 5.41) is 5.74. The van der Waals surface area contributed by atoms with E-state index in [2.05, 4.69) is 57.4 Å². The molecule has 1 N–H and O–H groups in total. The van der Waals surface area contributed by atoms with E-state index >= 15 is 0 Å². The summed E-state index contributed by atoms with van der Waals surface area (Å²) in [5.74, 6) is 0. The van der Waals surface area contributed by atoms with E-state index in [0.717, 1.165) is 57.5 Å². The lowest BCUT2D eigenvalue weighted by Crippen LogP contribution is -2.37. The molecule has 1 saturated heterocycles. The molecule has 1 aliphatic heterocycles. The molecule has 4 nitrogen and oxygen atoms in total. The van der Waals surface area contributed by atoms with Crippen LogP contribution in [0.5, 0.6) is 0 Å². The second kappa shape index (κ2) is 9.57. The fourth-order valence-electron chi connectivity index (χ4n) is 3.86. The van der Waals surface area contributed by atoms with Gasteiger partial charge in [0.1, 0.15) is 0 Å². The van der Waals surface area contributed by atoms with Gasteiger partial charge in [0.25, 0.3) is 0 Å². The minimum atomic E-state index is 0.781. The Morgan fingerprint density at radius 2 is 1.79 bits per heavy atom. The fourth-order valence-corrected chi connectivity index (χ4v) is 3.98. The van der Waals surface area contributed by atoms with Gasteiger partial charge in [-0.25, -0.2) is 0 Å². The summed E-state index contributed by atoms with van der Waals surface area (Å²) in [6, 6.07) is 16.8. The van der Waals surface area contributed by atoms with E-state index in [1.807, 2.05) is 12.1 Å². The SMILES string of the molecule is Clc1ccc(Cn2cc(CNCCCN3CCOCC3)c3ccccc32)cc1. The van der Waals surface area contributed by atoms with Crippen molar-refractivity contribution in [2.45, 2.75) is 19.5 Å². The number of hydrogen-bond donors (Lipinski definition) is 1. The van der Waals surface area contributed by atoms with E-state index < -0.39 is 0 Å². The van der Waals surface area contributed by atoms with Gasteiger partial charge in [0.2, 0.25) is 0 Å². The Kier molecular flexibility index (Phi) is 6.65. The van der Waals surface area contributed by atoms with Gasteiger partial charge < -0.3 is 14.6 Å². The van der Waals surface area contributed by atoms with Gasteiger partial charge in [-0.3, -0.25) is 4.90 Å². The van der Waals surface area contributed by atoms with Crippen LogP contribution in [0, 0.1) is 0 Å². The summed E-state index contributed by atoms with van der Waals surface area (Å²) in [4.78, 5) is 2.49. The van der Waals surface area contributed by atoms with Crippen molar-refractivity contribution < 1.29 is 4.74 Å². The summed E-state index contributed by atoms with van der Waals surface area (Å²) >= 11 is 6.02. The van der Waals surface area contributed by atoms with Gasteiger partial charge in [0.15, 0.2) is 0 Å². The maximum atomic E-state index is 6.02. The van der Waals surface area contributed by atoms with Crippen LogP contribution in [0.1, 0.15) is 17.5 Å². The van der Waals surface area contributed by atoms with Crippen LogP contribution in [-0.4, -0.2) is 48.9 Å². The van der Waals surface area contributed by atoms with Crippen LogP contribution in [0.3, 0.4) is 0 Å². The van der Waals surface area contributed by atoms with Crippen molar-refractivity contribution in [2.75, 3.05) is 39.4 Å². The van der Waals surface area contributed by atoms with Crippen molar-refractivity contribution in [3.05, 3.63) is 70.9 Å². The highest BCUT2D eigenvalue weighted by molar-refractivity contribution is 6.30. The number of ether oxygens (including phenoxy) is 1. The number of para-hydroxylation sites is 1. The lowest BCUT2D eigenvalue weighted by molar-refractivity contribution is 0.0374. The van der Waals surface area contributed by atoms with E-state index in [0.29, 0.717) is 0 Å². The Bertz CT molecular complexity index is 885. The second-order valence-electron chi connectivity index (χ2n) is 7.41. The average Bonchev–Trinajstić information content (AvgIpc) is 3.08. The van der Waals surface area contributed by atoms with Crippen LogP contribution in [0.4, 0.5) is 0 Å². The number of halogens is 1. The molecule has 0 spiro atoms. The predicted molar refractivity (Wildman–Crippen MR) is 116 cm³/mol. The van der Waals surface area contributed by atoms with Crippen LogP contribution in [0.25, 0.3) is 10.9 Å². The molecule has 0 bridgehead atoms. The van der Waals surface area contributed by atoms with Gasteiger partial charge >= 0.3 is 0 Å². The zero-order chi connectivity index (χ0) is 19.2. The van der Waals surface area contributed by atoms with Crippen LogP contribution >= 0.6 is 11.6 Å². The van der Waals surface area contributed by atoms with Crippen LogP contribution in [0.2, 0.25) is 5.02 Å². The minimum Gasteiger partial charge on any atom is -0.379 e. The summed E-state index contributed by atoms with van der Waals surface area (Å²) in [6.45, 7) is 7.83. The summed E-state index contributed by atoms with van der Waals surface area (Å²) in [5.41, 5.74) is 3.90. The van der Waals surface area contributed by atoms with Gasteiger partial charge in [-0.1, -0.05) is 41.9 Å². The Labute approximate surface area is 172 Å². The summed E-state index contributed by atoms with van der Waals surface area (Å²) in [6.07, 6.45) is 3.46. The number of fused-ring (bicyclic) bond motifs is 1. The lowest BCUT2D eigenvalue weighted by atomic mass is 10.2. The van der Waals surface area contributed by atoms with Crippen molar-refractivity contribution in [3.8, 4) is 0 Å². The highest BCUT2D eigenvalue weighted by Crippen LogP contribution is 2.23. The molecule has 2 aromatic carbocycles. The first-order valence-electron chi connectivity index (χ1n) is 10.1. The van der Waals surface area contributed by atoms with E-state index in [9.17, 15) is 0 Å². The highest BCUT2D eigenvalue weighted by Gasteiger charge is 2.10. The molecule has 0 radical (unpaired) electrons. The van der Waals surface area contributed by atoms with Gasteiger partial charge in [0.05, 0.1) is 13.2 Å². The molecule has 3 aromatic rings. The lowest BCUT2D eigenvalue weighted by Gasteiger charge is -2.26. The zero-order valence-electron chi connectivity index (χ0n) is 16.2. The Balaban J connectivity index is 1.36. The number of hydrogen-bond acceptors (Lipinski definition) is 3. The predicted octanol–water partition coefficient (Wildman–Crippen LogP) is 4.15. The summed E-state index contributed by atoms with van der Waals surface area (Å²) < 4.78 is 7.75. The molecular formula is C23H28ClN3O. The number of rotatable bonds is 8. The monoisotopic (exact) mass is 397 g/mol. The third-order valence-electron chi connectivity index (χ3n) is 5.38. The molecule has 2 heterocycles. The number of nitrogens with one attached hydrogen (secondary N) is 1. The number of benzene rings is 2. The van der Waals surface area contributed by atoms with E-state index in [1.165, 1.54) is 28.5 Å². The Morgan fingerprint density at radius 1 is 1.00 bits per heavy atom. The number of morpholine rings is 1. The molecule has 28 heavy (non-hydrogen) atoms. The molecule has 1 fully saturated rings. The molecule has 0 aliphatic carbocycles. The molecule has 1 aliphatic rings. The topological polar surface area (TPSA) is 29.4 Å². The van der Waals surface area contributed by atoms with Gasteiger partial charge in [-0.15, -0.1) is 0 Å². The molecule has 0 amide bonds. The largest absolute Gasteiger partial charge is 0.379 e. The van der Waals surface area contributed by atoms with Gasteiger partial charge in [0, 0.05) is 48.3 Å². The van der Waals surface area contributed by atoms with Crippen molar-refractivity contribution in [1.82, 2.24) is 14.8 Å². The maximum Gasteiger partial charge on any atom is 0.0594 e. The first-order valence-corrected chi connectivity index (χ1v) is 10.5. The zero-order valence-corrected chi connectivity index (χ0v) is 17.0. The van der Waals surface area contributed by atoms with E-state index in [-0.39, 0.29) is 0 Å². The normalized spacial score (nSPS) is 15.3. The summed E-state index contributed by atoms with van der Waals surface area (Å²) in [7, 11) is 0. The van der Waals surface area contributed by atoms with Crippen molar-refractivity contribution in [3.63, 3.8) is 0 Å². The first-order chi connectivity index (χ1) is 13.8. The average molecular weight is 398 g/mol. The minimum absolute atomic E-state index is 0.781. The Morgan fingerprint density at radius 3 is 2.61 bits per heavy atom. The smallest absolute Gasteiger partial charge is 0.0594 e. The van der Waals surface area contributed by atoms with Crippen LogP contribution in [-0.2, 0) is 17.8 Å². The van der Waals surface area contributed by atoms with Gasteiger partial charge in [-0.05, 0) is 48.8 Å². The van der Waals surface area contributed by atoms with Crippen LogP contribution in [0.15, 0.2) is 54.7 Å². The molecule has 0 atom stereocenters. The van der Waals surface area contributed by atoms with E-state index in [1.54, 1.807) is 0 Å². The molecule has 0 saturated carbocycles. The first kappa shape index (κ1) is 19.5. The van der Waals surface area contributed by atoms with Crippen molar-refractivity contribution in [2.24, 2.45) is 0 Å². The molecule has 1 aromatic heterocycles. The van der Waals surface area contributed by atoms with Crippen molar-refractivity contribution in [1.29, 1.82) is 0 Å². The number of nitrogens with zero attached hydrogens (tertiary/aromatic N) is 2.